The zero-order valence-electron chi connectivity index (χ0n) is 8.59. The number of hydrogen-bond donors (Lipinski definition) is 0. The Morgan fingerprint density at radius 2 is 2.08 bits per heavy atom. The lowest BCUT2D eigenvalue weighted by Crippen LogP contribution is -1.98. The minimum absolute atomic E-state index is 0.892. The Bertz CT molecular complexity index is 329. The van der Waals surface area contributed by atoms with Gasteiger partial charge in [0.05, 0.1) is 7.11 Å². The topological polar surface area (TPSA) is 21.6 Å². The molecule has 70 valence electrons. The summed E-state index contributed by atoms with van der Waals surface area (Å²) < 4.78 is 5.27. The zero-order chi connectivity index (χ0) is 9.84. The molecule has 0 amide bonds. The summed E-state index contributed by atoms with van der Waals surface area (Å²) in [5, 5.41) is 0. The van der Waals surface area contributed by atoms with Gasteiger partial charge in [0.2, 0.25) is 0 Å². The van der Waals surface area contributed by atoms with Crippen LogP contribution in [0.4, 0.5) is 0 Å². The predicted molar refractivity (Wildman–Crippen MR) is 55.9 cm³/mol. The van der Waals surface area contributed by atoms with Crippen molar-refractivity contribution < 1.29 is 4.74 Å². The number of ether oxygens (including phenoxy) is 1. The number of rotatable bonds is 2. The van der Waals surface area contributed by atoms with Crippen molar-refractivity contribution in [3.8, 4) is 5.75 Å². The van der Waals surface area contributed by atoms with E-state index >= 15 is 0 Å². The number of methoxy groups -OCH3 is 1. The van der Waals surface area contributed by atoms with E-state index in [-0.39, 0.29) is 0 Å². The van der Waals surface area contributed by atoms with Gasteiger partial charge < -0.3 is 4.74 Å². The Morgan fingerprint density at radius 1 is 1.38 bits per heavy atom. The number of nitrogens with zero attached hydrogens (tertiary/aromatic N) is 1. The minimum Gasteiger partial charge on any atom is -0.496 e. The third-order valence-electron chi connectivity index (χ3n) is 2.08. The van der Waals surface area contributed by atoms with Crippen LogP contribution in [-0.4, -0.2) is 19.9 Å². The molecule has 0 N–H and O–H groups in total. The fourth-order valence-corrected chi connectivity index (χ4v) is 1.22. The van der Waals surface area contributed by atoms with Crippen molar-refractivity contribution in [3.05, 3.63) is 29.3 Å². The van der Waals surface area contributed by atoms with Gasteiger partial charge in [0.15, 0.2) is 0 Å². The minimum atomic E-state index is 0.892. The van der Waals surface area contributed by atoms with Gasteiger partial charge in [0.1, 0.15) is 5.75 Å². The Hall–Kier alpha value is -1.31. The number of aliphatic imine (C=N–C) groups is 1. The summed E-state index contributed by atoms with van der Waals surface area (Å²) in [4.78, 5) is 4.13. The first-order valence-electron chi connectivity index (χ1n) is 4.27. The molecule has 0 heterocycles. The van der Waals surface area contributed by atoms with Crippen LogP contribution in [0.2, 0.25) is 0 Å². The van der Waals surface area contributed by atoms with E-state index in [2.05, 4.69) is 11.1 Å². The van der Waals surface area contributed by atoms with Gasteiger partial charge in [-0.25, -0.2) is 0 Å². The molecule has 13 heavy (non-hydrogen) atoms. The molecule has 0 bridgehead atoms. The predicted octanol–water partition coefficient (Wildman–Crippen LogP) is 2.44. The molecule has 0 unspecified atom stereocenters. The molecular weight excluding hydrogens is 162 g/mol. The van der Waals surface area contributed by atoms with Crippen molar-refractivity contribution in [1.82, 2.24) is 0 Å². The molecule has 0 aliphatic rings. The molecule has 0 aliphatic carbocycles. The van der Waals surface area contributed by atoms with Gasteiger partial charge in [-0.1, -0.05) is 6.07 Å². The summed E-state index contributed by atoms with van der Waals surface area (Å²) in [5.74, 6) is 0.892. The highest BCUT2D eigenvalue weighted by Gasteiger charge is 2.04. The molecule has 0 fully saturated rings. The van der Waals surface area contributed by atoms with E-state index in [1.54, 1.807) is 14.2 Å². The largest absolute Gasteiger partial charge is 0.496 e. The average molecular weight is 177 g/mol. The van der Waals surface area contributed by atoms with Crippen LogP contribution in [0.25, 0.3) is 0 Å². The highest BCUT2D eigenvalue weighted by atomic mass is 16.5. The lowest BCUT2D eigenvalue weighted by Gasteiger charge is -2.08. The van der Waals surface area contributed by atoms with E-state index in [0.717, 1.165) is 17.0 Å². The van der Waals surface area contributed by atoms with Crippen LogP contribution < -0.4 is 4.74 Å². The monoisotopic (exact) mass is 177 g/mol. The summed E-state index contributed by atoms with van der Waals surface area (Å²) >= 11 is 0. The first kappa shape index (κ1) is 9.78. The van der Waals surface area contributed by atoms with Gasteiger partial charge in [0, 0.05) is 18.3 Å². The smallest absolute Gasteiger partial charge is 0.128 e. The van der Waals surface area contributed by atoms with E-state index in [4.69, 9.17) is 4.74 Å². The van der Waals surface area contributed by atoms with Crippen LogP contribution in [0, 0.1) is 6.92 Å². The normalized spacial score (nSPS) is 11.5. The highest BCUT2D eigenvalue weighted by Crippen LogP contribution is 2.20. The van der Waals surface area contributed by atoms with Gasteiger partial charge >= 0.3 is 0 Å². The Kier molecular flexibility index (Phi) is 3.07. The SMILES string of the molecule is CN=C(C)c1ccc(C)cc1OC. The fraction of sp³-hybridized carbons (Fsp3) is 0.364. The van der Waals surface area contributed by atoms with Crippen molar-refractivity contribution in [2.24, 2.45) is 4.99 Å². The van der Waals surface area contributed by atoms with Gasteiger partial charge in [-0.3, -0.25) is 4.99 Å². The van der Waals surface area contributed by atoms with Crippen LogP contribution in [0.1, 0.15) is 18.1 Å². The Labute approximate surface area is 79.3 Å². The van der Waals surface area contributed by atoms with Crippen molar-refractivity contribution in [3.63, 3.8) is 0 Å². The second-order valence-corrected chi connectivity index (χ2v) is 3.01. The first-order chi connectivity index (χ1) is 6.19. The van der Waals surface area contributed by atoms with E-state index in [1.807, 2.05) is 26.0 Å². The number of benzene rings is 1. The van der Waals surface area contributed by atoms with Gasteiger partial charge in [-0.05, 0) is 31.5 Å². The summed E-state index contributed by atoms with van der Waals surface area (Å²) in [6.45, 7) is 4.03. The van der Waals surface area contributed by atoms with Gasteiger partial charge in [-0.15, -0.1) is 0 Å². The molecule has 1 aromatic carbocycles. The van der Waals surface area contributed by atoms with E-state index in [1.165, 1.54) is 5.56 Å². The van der Waals surface area contributed by atoms with E-state index in [0.29, 0.717) is 0 Å². The summed E-state index contributed by atoms with van der Waals surface area (Å²) in [6.07, 6.45) is 0. The Morgan fingerprint density at radius 3 is 2.62 bits per heavy atom. The lowest BCUT2D eigenvalue weighted by atomic mass is 10.1. The molecular formula is C11H15NO. The van der Waals surface area contributed by atoms with Crippen molar-refractivity contribution in [2.75, 3.05) is 14.2 Å². The average Bonchev–Trinajstić information content (AvgIpc) is 2.16. The highest BCUT2D eigenvalue weighted by molar-refractivity contribution is 6.01. The molecule has 1 aromatic rings. The van der Waals surface area contributed by atoms with Crippen molar-refractivity contribution in [1.29, 1.82) is 0 Å². The van der Waals surface area contributed by atoms with Crippen LogP contribution >= 0.6 is 0 Å². The standard InChI is InChI=1S/C11H15NO/c1-8-5-6-10(9(2)12-3)11(7-8)13-4/h5-7H,1-4H3. The van der Waals surface area contributed by atoms with Crippen LogP contribution in [0.15, 0.2) is 23.2 Å². The van der Waals surface area contributed by atoms with E-state index < -0.39 is 0 Å². The molecule has 0 aliphatic heterocycles. The number of aryl methyl sites for hydroxylation is 1. The van der Waals surface area contributed by atoms with Crippen LogP contribution in [0.5, 0.6) is 5.75 Å². The van der Waals surface area contributed by atoms with Gasteiger partial charge in [-0.2, -0.15) is 0 Å². The summed E-state index contributed by atoms with van der Waals surface area (Å²) in [5.41, 5.74) is 3.26. The third kappa shape index (κ3) is 2.08. The first-order valence-corrected chi connectivity index (χ1v) is 4.27. The second-order valence-electron chi connectivity index (χ2n) is 3.01. The molecule has 0 aromatic heterocycles. The Balaban J connectivity index is 3.21. The van der Waals surface area contributed by atoms with Crippen molar-refractivity contribution >= 4 is 5.71 Å². The molecule has 0 saturated carbocycles. The summed E-state index contributed by atoms with van der Waals surface area (Å²) in [6, 6.07) is 6.12. The quantitative estimate of drug-likeness (QED) is 0.636. The molecule has 0 saturated heterocycles. The molecule has 0 atom stereocenters. The molecule has 1 rings (SSSR count). The summed E-state index contributed by atoms with van der Waals surface area (Å²) in [7, 11) is 3.47. The zero-order valence-corrected chi connectivity index (χ0v) is 8.59. The third-order valence-corrected chi connectivity index (χ3v) is 2.08. The van der Waals surface area contributed by atoms with E-state index in [9.17, 15) is 0 Å². The molecule has 0 spiro atoms. The van der Waals surface area contributed by atoms with Crippen LogP contribution in [0.3, 0.4) is 0 Å². The maximum atomic E-state index is 5.27. The molecule has 0 radical (unpaired) electrons. The second kappa shape index (κ2) is 4.08. The fourth-order valence-electron chi connectivity index (χ4n) is 1.22. The van der Waals surface area contributed by atoms with Gasteiger partial charge in [0.25, 0.3) is 0 Å². The lowest BCUT2D eigenvalue weighted by molar-refractivity contribution is 0.413. The molecule has 2 nitrogen and oxygen atoms in total. The van der Waals surface area contributed by atoms with Crippen molar-refractivity contribution in [2.45, 2.75) is 13.8 Å². The van der Waals surface area contributed by atoms with Crippen LogP contribution in [-0.2, 0) is 0 Å². The number of hydrogen-bond acceptors (Lipinski definition) is 2. The molecule has 2 heteroatoms. The maximum absolute atomic E-state index is 5.27. The maximum Gasteiger partial charge on any atom is 0.128 e.